The highest BCUT2D eigenvalue weighted by atomic mass is 16.1. The fourth-order valence-electron chi connectivity index (χ4n) is 1.47. The van der Waals surface area contributed by atoms with Crippen LogP contribution in [-0.4, -0.2) is 16.8 Å². The number of anilines is 1. The summed E-state index contributed by atoms with van der Waals surface area (Å²) >= 11 is 0. The Morgan fingerprint density at radius 1 is 1.53 bits per heavy atom. The molecule has 0 bridgehead atoms. The molecule has 15 heavy (non-hydrogen) atoms. The van der Waals surface area contributed by atoms with Gasteiger partial charge in [0.2, 0.25) is 0 Å². The van der Waals surface area contributed by atoms with Crippen LogP contribution in [0.4, 0.5) is 5.69 Å². The summed E-state index contributed by atoms with van der Waals surface area (Å²) in [6.45, 7) is 5.98. The second kappa shape index (κ2) is 5.49. The van der Waals surface area contributed by atoms with Crippen LogP contribution in [0.1, 0.15) is 27.2 Å². The summed E-state index contributed by atoms with van der Waals surface area (Å²) in [5, 5.41) is 3.22. The molecule has 0 aromatic carbocycles. The molecule has 82 valence electrons. The first-order valence-corrected chi connectivity index (χ1v) is 5.34. The van der Waals surface area contributed by atoms with Gasteiger partial charge in [0.15, 0.2) is 5.78 Å². The van der Waals surface area contributed by atoms with Crippen molar-refractivity contribution in [2.75, 3.05) is 5.32 Å². The lowest BCUT2D eigenvalue weighted by Crippen LogP contribution is -2.34. The molecular formula is C12H18N2O. The topological polar surface area (TPSA) is 42.0 Å². The molecule has 1 N–H and O–H groups in total. The Labute approximate surface area is 90.9 Å². The van der Waals surface area contributed by atoms with Gasteiger partial charge in [-0.05, 0) is 18.1 Å². The van der Waals surface area contributed by atoms with Crippen molar-refractivity contribution in [3.63, 3.8) is 0 Å². The van der Waals surface area contributed by atoms with Gasteiger partial charge in [0, 0.05) is 18.8 Å². The Morgan fingerprint density at radius 2 is 2.27 bits per heavy atom. The van der Waals surface area contributed by atoms with Crippen molar-refractivity contribution in [3.8, 4) is 0 Å². The molecule has 0 saturated carbocycles. The maximum Gasteiger partial charge on any atom is 0.154 e. The van der Waals surface area contributed by atoms with E-state index in [0.717, 1.165) is 5.69 Å². The number of nitrogens with zero attached hydrogens (tertiary/aromatic N) is 1. The lowest BCUT2D eigenvalue weighted by atomic mass is 9.98. The molecule has 3 heteroatoms. The van der Waals surface area contributed by atoms with Crippen LogP contribution in [0.3, 0.4) is 0 Å². The van der Waals surface area contributed by atoms with Crippen molar-refractivity contribution >= 4 is 11.5 Å². The molecule has 0 fully saturated rings. The molecule has 1 rings (SSSR count). The Kier molecular flexibility index (Phi) is 4.28. The number of pyridine rings is 1. The van der Waals surface area contributed by atoms with Gasteiger partial charge in [0.1, 0.15) is 0 Å². The van der Waals surface area contributed by atoms with Gasteiger partial charge in [-0.1, -0.05) is 20.8 Å². The molecule has 0 amide bonds. The third-order valence-corrected chi connectivity index (χ3v) is 2.35. The first-order valence-electron chi connectivity index (χ1n) is 5.34. The molecule has 1 heterocycles. The fraction of sp³-hybridized carbons (Fsp3) is 0.500. The van der Waals surface area contributed by atoms with Crippen LogP contribution in [0.15, 0.2) is 24.5 Å². The molecule has 1 aromatic rings. The number of rotatable bonds is 5. The second-order valence-corrected chi connectivity index (χ2v) is 3.93. The van der Waals surface area contributed by atoms with Crippen molar-refractivity contribution in [2.45, 2.75) is 33.2 Å². The minimum Gasteiger partial charge on any atom is -0.374 e. The summed E-state index contributed by atoms with van der Waals surface area (Å²) in [6, 6.07) is 3.67. The number of aromatic nitrogens is 1. The summed E-state index contributed by atoms with van der Waals surface area (Å²) < 4.78 is 0. The van der Waals surface area contributed by atoms with E-state index in [0.29, 0.717) is 6.42 Å². The largest absolute Gasteiger partial charge is 0.374 e. The van der Waals surface area contributed by atoms with E-state index < -0.39 is 0 Å². The van der Waals surface area contributed by atoms with E-state index in [1.54, 1.807) is 12.4 Å². The van der Waals surface area contributed by atoms with Gasteiger partial charge in [-0.3, -0.25) is 9.78 Å². The Balaban J connectivity index is 2.72. The van der Waals surface area contributed by atoms with Crippen LogP contribution < -0.4 is 5.32 Å². The molecule has 0 radical (unpaired) electrons. The predicted molar refractivity (Wildman–Crippen MR) is 61.8 cm³/mol. The van der Waals surface area contributed by atoms with Crippen LogP contribution >= 0.6 is 0 Å². The second-order valence-electron chi connectivity index (χ2n) is 3.93. The van der Waals surface area contributed by atoms with E-state index in [-0.39, 0.29) is 17.7 Å². The number of ketones is 1. The molecule has 0 aliphatic carbocycles. The highest BCUT2D eigenvalue weighted by molar-refractivity contribution is 5.86. The normalized spacial score (nSPS) is 12.5. The zero-order valence-electron chi connectivity index (χ0n) is 9.53. The Morgan fingerprint density at radius 3 is 2.73 bits per heavy atom. The lowest BCUT2D eigenvalue weighted by Gasteiger charge is -2.21. The van der Waals surface area contributed by atoms with Crippen LogP contribution in [-0.2, 0) is 4.79 Å². The van der Waals surface area contributed by atoms with E-state index >= 15 is 0 Å². The van der Waals surface area contributed by atoms with Crippen molar-refractivity contribution in [3.05, 3.63) is 24.5 Å². The summed E-state index contributed by atoms with van der Waals surface area (Å²) in [4.78, 5) is 15.7. The number of carbonyl (C=O) groups is 1. The summed E-state index contributed by atoms with van der Waals surface area (Å²) in [7, 11) is 0. The van der Waals surface area contributed by atoms with Gasteiger partial charge in [-0.15, -0.1) is 0 Å². The number of hydrogen-bond donors (Lipinski definition) is 1. The van der Waals surface area contributed by atoms with Crippen LogP contribution in [0.2, 0.25) is 0 Å². The average molecular weight is 206 g/mol. The molecule has 3 nitrogen and oxygen atoms in total. The van der Waals surface area contributed by atoms with Crippen molar-refractivity contribution < 1.29 is 4.79 Å². The number of Topliss-reactive ketones (excluding diaryl/α,β-unsaturated/α-hetero) is 1. The minimum absolute atomic E-state index is 0.112. The highest BCUT2D eigenvalue weighted by Crippen LogP contribution is 2.13. The lowest BCUT2D eigenvalue weighted by molar-refractivity contribution is -0.120. The molecule has 0 unspecified atom stereocenters. The molecule has 0 saturated heterocycles. The third kappa shape index (κ3) is 3.35. The highest BCUT2D eigenvalue weighted by Gasteiger charge is 2.19. The standard InChI is InChI=1S/C12H18N2O/c1-4-11(15)12(9(2)3)14-10-6-5-7-13-8-10/h5-9,12,14H,4H2,1-3H3/t12-/m0/s1. The SMILES string of the molecule is CCC(=O)[C@@H](Nc1cccnc1)C(C)C. The Bertz CT molecular complexity index is 309. The molecule has 1 aromatic heterocycles. The predicted octanol–water partition coefficient (Wildman–Crippen LogP) is 2.50. The van der Waals surface area contributed by atoms with Gasteiger partial charge in [0.05, 0.1) is 11.7 Å². The zero-order chi connectivity index (χ0) is 11.3. The van der Waals surface area contributed by atoms with E-state index in [2.05, 4.69) is 10.3 Å². The Hall–Kier alpha value is -1.38. The van der Waals surface area contributed by atoms with E-state index in [9.17, 15) is 4.79 Å². The molecular weight excluding hydrogens is 188 g/mol. The maximum atomic E-state index is 11.7. The van der Waals surface area contributed by atoms with Crippen LogP contribution in [0.5, 0.6) is 0 Å². The van der Waals surface area contributed by atoms with Crippen LogP contribution in [0.25, 0.3) is 0 Å². The average Bonchev–Trinajstić information content (AvgIpc) is 2.26. The minimum atomic E-state index is -0.112. The van der Waals surface area contributed by atoms with Gasteiger partial charge < -0.3 is 5.32 Å². The quantitative estimate of drug-likeness (QED) is 0.804. The van der Waals surface area contributed by atoms with Crippen molar-refractivity contribution in [1.82, 2.24) is 4.98 Å². The van der Waals surface area contributed by atoms with Crippen molar-refractivity contribution in [2.24, 2.45) is 5.92 Å². The van der Waals surface area contributed by atoms with Crippen LogP contribution in [0, 0.1) is 5.92 Å². The summed E-state index contributed by atoms with van der Waals surface area (Å²) in [5.41, 5.74) is 0.901. The summed E-state index contributed by atoms with van der Waals surface area (Å²) in [5.74, 6) is 0.534. The number of nitrogens with one attached hydrogen (secondary N) is 1. The fourth-order valence-corrected chi connectivity index (χ4v) is 1.47. The van der Waals surface area contributed by atoms with Crippen molar-refractivity contribution in [1.29, 1.82) is 0 Å². The van der Waals surface area contributed by atoms with Gasteiger partial charge in [0.25, 0.3) is 0 Å². The first-order chi connectivity index (χ1) is 7.15. The molecule has 0 spiro atoms. The van der Waals surface area contributed by atoms with Gasteiger partial charge in [-0.25, -0.2) is 0 Å². The van der Waals surface area contributed by atoms with E-state index in [1.165, 1.54) is 0 Å². The zero-order valence-corrected chi connectivity index (χ0v) is 9.53. The monoisotopic (exact) mass is 206 g/mol. The summed E-state index contributed by atoms with van der Waals surface area (Å²) in [6.07, 6.45) is 4.02. The molecule has 0 aliphatic heterocycles. The van der Waals surface area contributed by atoms with E-state index in [1.807, 2.05) is 32.9 Å². The van der Waals surface area contributed by atoms with E-state index in [4.69, 9.17) is 0 Å². The number of carbonyl (C=O) groups excluding carboxylic acids is 1. The number of hydrogen-bond acceptors (Lipinski definition) is 3. The first kappa shape index (κ1) is 11.7. The third-order valence-electron chi connectivity index (χ3n) is 2.35. The maximum absolute atomic E-state index is 11.7. The van der Waals surface area contributed by atoms with Gasteiger partial charge in [-0.2, -0.15) is 0 Å². The smallest absolute Gasteiger partial charge is 0.154 e. The molecule has 1 atom stereocenters. The van der Waals surface area contributed by atoms with Gasteiger partial charge >= 0.3 is 0 Å². The molecule has 0 aliphatic rings.